The summed E-state index contributed by atoms with van der Waals surface area (Å²) in [5.74, 6) is -0.593. The molecule has 0 aliphatic carbocycles. The molecule has 2 aromatic rings. The number of benzene rings is 2. The largest absolute Gasteiger partial charge is 0.355 e. The normalized spacial score (nSPS) is 12.2. The number of sulfonamides is 1. The summed E-state index contributed by atoms with van der Waals surface area (Å²) < 4.78 is 26.2. The van der Waals surface area contributed by atoms with Gasteiger partial charge in [-0.25, -0.2) is 8.42 Å². The highest BCUT2D eigenvalue weighted by Crippen LogP contribution is 2.29. The molecule has 0 saturated heterocycles. The fourth-order valence-electron chi connectivity index (χ4n) is 3.59. The molecule has 0 heterocycles. The molecular weight excluding hydrogens is 533 g/mol. The van der Waals surface area contributed by atoms with Crippen LogP contribution in [0.5, 0.6) is 0 Å². The molecule has 0 bridgehead atoms. The van der Waals surface area contributed by atoms with Gasteiger partial charge in [0.2, 0.25) is 21.8 Å². The Balaban J connectivity index is 2.22. The Labute approximate surface area is 222 Å². The zero-order valence-corrected chi connectivity index (χ0v) is 23.2. The van der Waals surface area contributed by atoms with E-state index in [-0.39, 0.29) is 37.7 Å². The lowest BCUT2D eigenvalue weighted by Gasteiger charge is -2.30. The lowest BCUT2D eigenvalue weighted by atomic mass is 10.1. The molecule has 35 heavy (non-hydrogen) atoms. The number of likely N-dealkylation sites (N-methyl/N-ethyl adjacent to an activating group) is 1. The van der Waals surface area contributed by atoms with Crippen molar-refractivity contribution in [3.63, 3.8) is 0 Å². The molecule has 0 saturated carbocycles. The molecule has 0 aliphatic rings. The van der Waals surface area contributed by atoms with Crippen LogP contribution in [-0.4, -0.2) is 50.5 Å². The molecule has 0 fully saturated rings. The van der Waals surface area contributed by atoms with Crippen LogP contribution in [0.1, 0.15) is 37.8 Å². The SMILES string of the molecule is CCNC(=O)C(C)N(Cc1ccc(Cl)cc1Cl)C(=O)CCCN(c1cccc(Cl)c1C)S(C)(=O)=O. The van der Waals surface area contributed by atoms with Crippen LogP contribution < -0.4 is 9.62 Å². The Kier molecular flexibility index (Phi) is 10.7. The number of hydrogen-bond acceptors (Lipinski definition) is 4. The Morgan fingerprint density at radius 1 is 1.09 bits per heavy atom. The summed E-state index contributed by atoms with van der Waals surface area (Å²) >= 11 is 18.5. The standard InChI is InChI=1S/C24H30Cl3N3O4S/c1-5-28-24(32)17(3)29(15-18-11-12-19(25)14-21(18)27)23(31)10-7-13-30(35(4,33)34)22-9-6-8-20(26)16(22)2/h6,8-9,11-12,14,17H,5,7,10,13,15H2,1-4H3,(H,28,32). The highest BCUT2D eigenvalue weighted by molar-refractivity contribution is 7.92. The van der Waals surface area contributed by atoms with E-state index in [0.29, 0.717) is 38.4 Å². The van der Waals surface area contributed by atoms with Gasteiger partial charge < -0.3 is 10.2 Å². The van der Waals surface area contributed by atoms with Crippen LogP contribution >= 0.6 is 34.8 Å². The van der Waals surface area contributed by atoms with Crippen molar-refractivity contribution in [2.45, 2.75) is 46.2 Å². The zero-order chi connectivity index (χ0) is 26.3. The van der Waals surface area contributed by atoms with Gasteiger partial charge in [-0.15, -0.1) is 0 Å². The van der Waals surface area contributed by atoms with Crippen molar-refractivity contribution >= 4 is 62.3 Å². The molecule has 11 heteroatoms. The number of nitrogens with one attached hydrogen (secondary N) is 1. The summed E-state index contributed by atoms with van der Waals surface area (Å²) in [6, 6.07) is 9.25. The summed E-state index contributed by atoms with van der Waals surface area (Å²) in [4.78, 5) is 27.2. The molecule has 0 spiro atoms. The Morgan fingerprint density at radius 2 is 1.77 bits per heavy atom. The van der Waals surface area contributed by atoms with Crippen LogP contribution in [0, 0.1) is 6.92 Å². The van der Waals surface area contributed by atoms with E-state index in [1.54, 1.807) is 57.2 Å². The summed E-state index contributed by atoms with van der Waals surface area (Å²) in [7, 11) is -3.62. The first-order chi connectivity index (χ1) is 16.4. The number of hydrogen-bond donors (Lipinski definition) is 1. The number of carbonyl (C=O) groups excluding carboxylic acids is 2. The monoisotopic (exact) mass is 561 g/mol. The van der Waals surface area contributed by atoms with E-state index in [4.69, 9.17) is 34.8 Å². The maximum absolute atomic E-state index is 13.3. The third-order valence-electron chi connectivity index (χ3n) is 5.53. The van der Waals surface area contributed by atoms with Gasteiger partial charge in [0, 0.05) is 41.1 Å². The molecular formula is C24H30Cl3N3O4S. The van der Waals surface area contributed by atoms with Gasteiger partial charge in [-0.05, 0) is 62.6 Å². The number of halogens is 3. The highest BCUT2D eigenvalue weighted by atomic mass is 35.5. The lowest BCUT2D eigenvalue weighted by molar-refractivity contribution is -0.140. The van der Waals surface area contributed by atoms with Crippen LogP contribution in [0.4, 0.5) is 5.69 Å². The molecule has 0 aliphatic heterocycles. The molecule has 1 atom stereocenters. The maximum atomic E-state index is 13.3. The fourth-order valence-corrected chi connectivity index (χ4v) is 5.24. The fraction of sp³-hybridized carbons (Fsp3) is 0.417. The van der Waals surface area contributed by atoms with Crippen molar-refractivity contribution < 1.29 is 18.0 Å². The van der Waals surface area contributed by atoms with Crippen molar-refractivity contribution in [2.75, 3.05) is 23.7 Å². The topological polar surface area (TPSA) is 86.8 Å². The second-order valence-electron chi connectivity index (χ2n) is 8.15. The molecule has 2 amide bonds. The minimum absolute atomic E-state index is 0.0284. The van der Waals surface area contributed by atoms with Crippen LogP contribution in [0.25, 0.3) is 0 Å². The van der Waals surface area contributed by atoms with E-state index in [2.05, 4.69) is 5.32 Å². The average Bonchev–Trinajstić information content (AvgIpc) is 2.77. The Bertz CT molecular complexity index is 1170. The van der Waals surface area contributed by atoms with Crippen LogP contribution in [0.15, 0.2) is 36.4 Å². The van der Waals surface area contributed by atoms with E-state index in [1.807, 2.05) is 0 Å². The van der Waals surface area contributed by atoms with Crippen LogP contribution in [0.3, 0.4) is 0 Å². The van der Waals surface area contributed by atoms with E-state index in [0.717, 1.165) is 6.26 Å². The van der Waals surface area contributed by atoms with Gasteiger partial charge in [0.05, 0.1) is 11.9 Å². The zero-order valence-electron chi connectivity index (χ0n) is 20.1. The molecule has 2 aromatic carbocycles. The van der Waals surface area contributed by atoms with Crippen molar-refractivity contribution in [3.8, 4) is 0 Å². The van der Waals surface area contributed by atoms with Crippen molar-refractivity contribution in [2.24, 2.45) is 0 Å². The molecule has 7 nitrogen and oxygen atoms in total. The summed E-state index contributed by atoms with van der Waals surface area (Å²) in [6.45, 7) is 5.80. The molecule has 1 N–H and O–H groups in total. The van der Waals surface area contributed by atoms with Gasteiger partial charge in [0.1, 0.15) is 6.04 Å². The number of amides is 2. The van der Waals surface area contributed by atoms with Crippen molar-refractivity contribution in [1.82, 2.24) is 10.2 Å². The molecule has 192 valence electrons. The number of nitrogens with zero attached hydrogens (tertiary/aromatic N) is 2. The second kappa shape index (κ2) is 12.8. The van der Waals surface area contributed by atoms with Gasteiger partial charge in [0.15, 0.2) is 0 Å². The van der Waals surface area contributed by atoms with Gasteiger partial charge in [-0.3, -0.25) is 13.9 Å². The van der Waals surface area contributed by atoms with E-state index >= 15 is 0 Å². The minimum Gasteiger partial charge on any atom is -0.355 e. The first-order valence-electron chi connectivity index (χ1n) is 11.1. The molecule has 0 radical (unpaired) electrons. The Hall–Kier alpha value is -2.00. The van der Waals surface area contributed by atoms with E-state index < -0.39 is 16.1 Å². The molecule has 1 unspecified atom stereocenters. The summed E-state index contributed by atoms with van der Waals surface area (Å²) in [5.41, 5.74) is 1.75. The van der Waals surface area contributed by atoms with Gasteiger partial charge >= 0.3 is 0 Å². The number of carbonyl (C=O) groups is 2. The summed E-state index contributed by atoms with van der Waals surface area (Å²) in [5, 5.41) is 4.03. The van der Waals surface area contributed by atoms with Gasteiger partial charge in [-0.2, -0.15) is 0 Å². The average molecular weight is 563 g/mol. The van der Waals surface area contributed by atoms with Gasteiger partial charge in [0.25, 0.3) is 0 Å². The smallest absolute Gasteiger partial charge is 0.242 e. The third kappa shape index (κ3) is 8.00. The van der Waals surface area contributed by atoms with Crippen molar-refractivity contribution in [1.29, 1.82) is 0 Å². The highest BCUT2D eigenvalue weighted by Gasteiger charge is 2.27. The predicted octanol–water partition coefficient (Wildman–Crippen LogP) is 5.05. The molecule has 0 aromatic heterocycles. The second-order valence-corrected chi connectivity index (χ2v) is 11.3. The van der Waals surface area contributed by atoms with Crippen LogP contribution in [0.2, 0.25) is 15.1 Å². The number of anilines is 1. The van der Waals surface area contributed by atoms with Crippen molar-refractivity contribution in [3.05, 3.63) is 62.6 Å². The number of rotatable bonds is 11. The first-order valence-corrected chi connectivity index (χ1v) is 14.1. The predicted molar refractivity (Wildman–Crippen MR) is 143 cm³/mol. The quantitative estimate of drug-likeness (QED) is 0.415. The summed E-state index contributed by atoms with van der Waals surface area (Å²) in [6.07, 6.45) is 1.38. The van der Waals surface area contributed by atoms with Gasteiger partial charge in [-0.1, -0.05) is 46.9 Å². The third-order valence-corrected chi connectivity index (χ3v) is 7.71. The first kappa shape index (κ1) is 29.2. The van der Waals surface area contributed by atoms with E-state index in [9.17, 15) is 18.0 Å². The molecule has 2 rings (SSSR count). The Morgan fingerprint density at radius 3 is 2.37 bits per heavy atom. The van der Waals surface area contributed by atoms with Crippen LogP contribution in [-0.2, 0) is 26.2 Å². The minimum atomic E-state index is -3.62. The lowest BCUT2D eigenvalue weighted by Crippen LogP contribution is -2.47. The van der Waals surface area contributed by atoms with E-state index in [1.165, 1.54) is 9.21 Å². The maximum Gasteiger partial charge on any atom is 0.242 e.